The van der Waals surface area contributed by atoms with Crippen molar-refractivity contribution in [3.8, 4) is 0 Å². The van der Waals surface area contributed by atoms with Crippen molar-refractivity contribution < 1.29 is 13.5 Å². The van der Waals surface area contributed by atoms with Crippen molar-refractivity contribution in [3.63, 3.8) is 0 Å². The van der Waals surface area contributed by atoms with Crippen LogP contribution < -0.4 is 5.32 Å². The second-order valence-electron chi connectivity index (χ2n) is 5.54. The van der Waals surface area contributed by atoms with Crippen LogP contribution in [-0.4, -0.2) is 31.4 Å². The van der Waals surface area contributed by atoms with Crippen LogP contribution in [0.2, 0.25) is 0 Å². The maximum absolute atomic E-state index is 12.1. The first-order valence-electron chi connectivity index (χ1n) is 6.82. The van der Waals surface area contributed by atoms with E-state index in [1.807, 2.05) is 12.1 Å². The van der Waals surface area contributed by atoms with Gasteiger partial charge in [0.1, 0.15) is 0 Å². The highest BCUT2D eigenvalue weighted by molar-refractivity contribution is 7.91. The topological polar surface area (TPSA) is 66.4 Å². The molecular weight excluding hydrogens is 262 g/mol. The van der Waals surface area contributed by atoms with Crippen LogP contribution in [0.4, 0.5) is 0 Å². The van der Waals surface area contributed by atoms with E-state index < -0.39 is 9.84 Å². The Morgan fingerprint density at radius 2 is 1.79 bits per heavy atom. The first-order valence-corrected chi connectivity index (χ1v) is 8.47. The standard InChI is InChI=1S/C14H19NO3S/c16-11-7-5-10(6-8-11)15-13-9-19(17,18)14-4-2-1-3-12(13)14/h1-4,10-11,13,15-16H,5-9H2. The summed E-state index contributed by atoms with van der Waals surface area (Å²) in [7, 11) is -3.13. The number of benzene rings is 1. The van der Waals surface area contributed by atoms with Gasteiger partial charge in [0.2, 0.25) is 0 Å². The maximum atomic E-state index is 12.1. The third-order valence-corrected chi connectivity index (χ3v) is 5.96. The molecule has 1 unspecified atom stereocenters. The summed E-state index contributed by atoms with van der Waals surface area (Å²) in [6.45, 7) is 0. The summed E-state index contributed by atoms with van der Waals surface area (Å²) in [6, 6.07) is 7.47. The van der Waals surface area contributed by atoms with Crippen LogP contribution in [0.3, 0.4) is 0 Å². The SMILES string of the molecule is O=S1(=O)CC(NC2CCC(O)CC2)c2ccccc21. The van der Waals surface area contributed by atoms with Crippen molar-refractivity contribution in [2.75, 3.05) is 5.75 Å². The average molecular weight is 281 g/mol. The van der Waals surface area contributed by atoms with Gasteiger partial charge in [0.25, 0.3) is 0 Å². The van der Waals surface area contributed by atoms with E-state index in [1.54, 1.807) is 12.1 Å². The van der Waals surface area contributed by atoms with E-state index in [-0.39, 0.29) is 17.9 Å². The zero-order valence-corrected chi connectivity index (χ0v) is 11.6. The van der Waals surface area contributed by atoms with Gasteiger partial charge in [-0.15, -0.1) is 0 Å². The molecule has 5 heteroatoms. The summed E-state index contributed by atoms with van der Waals surface area (Å²) < 4.78 is 24.2. The smallest absolute Gasteiger partial charge is 0.180 e. The number of rotatable bonds is 2. The van der Waals surface area contributed by atoms with Crippen molar-refractivity contribution >= 4 is 9.84 Å². The minimum absolute atomic E-state index is 0.0959. The van der Waals surface area contributed by atoms with Crippen molar-refractivity contribution in [1.29, 1.82) is 0 Å². The normalized spacial score (nSPS) is 33.0. The van der Waals surface area contributed by atoms with Crippen LogP contribution in [0.1, 0.15) is 37.3 Å². The number of nitrogens with one attached hydrogen (secondary N) is 1. The quantitative estimate of drug-likeness (QED) is 0.860. The monoisotopic (exact) mass is 281 g/mol. The predicted octanol–water partition coefficient (Wildman–Crippen LogP) is 1.41. The number of fused-ring (bicyclic) bond motifs is 1. The first-order chi connectivity index (χ1) is 9.06. The molecule has 19 heavy (non-hydrogen) atoms. The Kier molecular flexibility index (Phi) is 3.37. The van der Waals surface area contributed by atoms with Gasteiger partial charge in [-0.2, -0.15) is 0 Å². The predicted molar refractivity (Wildman–Crippen MR) is 72.6 cm³/mol. The fourth-order valence-electron chi connectivity index (χ4n) is 3.12. The van der Waals surface area contributed by atoms with E-state index in [0.717, 1.165) is 31.2 Å². The summed E-state index contributed by atoms with van der Waals surface area (Å²) in [5.41, 5.74) is 0.897. The molecule has 2 N–H and O–H groups in total. The van der Waals surface area contributed by atoms with Crippen LogP contribution in [0.25, 0.3) is 0 Å². The van der Waals surface area contributed by atoms with Crippen LogP contribution in [0.5, 0.6) is 0 Å². The second kappa shape index (κ2) is 4.89. The molecule has 1 aliphatic heterocycles. The lowest BCUT2D eigenvalue weighted by atomic mass is 9.92. The molecule has 1 saturated carbocycles. The molecule has 0 amide bonds. The molecule has 3 rings (SSSR count). The van der Waals surface area contributed by atoms with E-state index in [0.29, 0.717) is 10.9 Å². The lowest BCUT2D eigenvalue weighted by Crippen LogP contribution is -2.37. The molecule has 0 saturated heterocycles. The van der Waals surface area contributed by atoms with Gasteiger partial charge < -0.3 is 10.4 Å². The molecule has 0 radical (unpaired) electrons. The summed E-state index contributed by atoms with van der Waals surface area (Å²) >= 11 is 0. The van der Waals surface area contributed by atoms with Crippen LogP contribution in [-0.2, 0) is 9.84 Å². The Morgan fingerprint density at radius 1 is 1.11 bits per heavy atom. The van der Waals surface area contributed by atoms with Gasteiger partial charge in [0.05, 0.1) is 16.8 Å². The zero-order valence-electron chi connectivity index (χ0n) is 10.7. The van der Waals surface area contributed by atoms with Gasteiger partial charge in [-0.3, -0.25) is 0 Å². The lowest BCUT2D eigenvalue weighted by Gasteiger charge is -2.28. The summed E-state index contributed by atoms with van der Waals surface area (Å²) in [6.07, 6.45) is 3.26. The Bertz CT molecular complexity index is 562. The zero-order chi connectivity index (χ0) is 13.5. The summed E-state index contributed by atoms with van der Waals surface area (Å²) in [5.74, 6) is 0.158. The lowest BCUT2D eigenvalue weighted by molar-refractivity contribution is 0.115. The Hall–Kier alpha value is -0.910. The van der Waals surface area contributed by atoms with Crippen LogP contribution in [0.15, 0.2) is 29.2 Å². The molecule has 0 bridgehead atoms. The highest BCUT2D eigenvalue weighted by Gasteiger charge is 2.35. The van der Waals surface area contributed by atoms with E-state index in [2.05, 4.69) is 5.32 Å². The Labute approximate surface area is 113 Å². The van der Waals surface area contributed by atoms with Crippen molar-refractivity contribution in [3.05, 3.63) is 29.8 Å². The average Bonchev–Trinajstić information content (AvgIpc) is 2.65. The summed E-state index contributed by atoms with van der Waals surface area (Å²) in [4.78, 5) is 0.475. The Morgan fingerprint density at radius 3 is 2.53 bits per heavy atom. The second-order valence-corrected chi connectivity index (χ2v) is 7.55. The van der Waals surface area contributed by atoms with Crippen molar-refractivity contribution in [2.45, 2.75) is 48.8 Å². The molecule has 2 aliphatic rings. The number of aliphatic hydroxyl groups is 1. The molecule has 1 atom stereocenters. The van der Waals surface area contributed by atoms with Gasteiger partial charge in [-0.1, -0.05) is 18.2 Å². The van der Waals surface area contributed by atoms with Gasteiger partial charge in [-0.25, -0.2) is 8.42 Å². The number of sulfone groups is 1. The fourth-order valence-corrected chi connectivity index (χ4v) is 4.86. The van der Waals surface area contributed by atoms with E-state index in [1.165, 1.54) is 0 Å². The molecule has 1 aliphatic carbocycles. The minimum atomic E-state index is -3.13. The van der Waals surface area contributed by atoms with E-state index in [9.17, 15) is 13.5 Å². The third-order valence-electron chi connectivity index (χ3n) is 4.15. The van der Waals surface area contributed by atoms with Crippen molar-refractivity contribution in [1.82, 2.24) is 5.32 Å². The van der Waals surface area contributed by atoms with Crippen LogP contribution >= 0.6 is 0 Å². The molecule has 4 nitrogen and oxygen atoms in total. The summed E-state index contributed by atoms with van der Waals surface area (Å²) in [5, 5.41) is 13.0. The molecular formula is C14H19NO3S. The van der Waals surface area contributed by atoms with Gasteiger partial charge in [0, 0.05) is 12.1 Å². The highest BCUT2D eigenvalue weighted by atomic mass is 32.2. The van der Waals surface area contributed by atoms with E-state index in [4.69, 9.17) is 0 Å². The number of hydrogen-bond donors (Lipinski definition) is 2. The van der Waals surface area contributed by atoms with E-state index >= 15 is 0 Å². The Balaban J connectivity index is 1.77. The van der Waals surface area contributed by atoms with Gasteiger partial charge in [0.15, 0.2) is 9.84 Å². The minimum Gasteiger partial charge on any atom is -0.393 e. The number of aliphatic hydroxyl groups excluding tert-OH is 1. The highest BCUT2D eigenvalue weighted by Crippen LogP contribution is 2.34. The van der Waals surface area contributed by atoms with Crippen molar-refractivity contribution in [2.24, 2.45) is 0 Å². The van der Waals surface area contributed by atoms with Crippen LogP contribution in [0, 0.1) is 0 Å². The third kappa shape index (κ3) is 2.55. The largest absolute Gasteiger partial charge is 0.393 e. The molecule has 1 heterocycles. The molecule has 1 fully saturated rings. The maximum Gasteiger partial charge on any atom is 0.180 e. The fraction of sp³-hybridized carbons (Fsp3) is 0.571. The first kappa shape index (κ1) is 13.1. The number of hydrogen-bond acceptors (Lipinski definition) is 4. The molecule has 0 spiro atoms. The molecule has 104 valence electrons. The van der Waals surface area contributed by atoms with Gasteiger partial charge in [-0.05, 0) is 37.3 Å². The molecule has 1 aromatic rings. The molecule has 0 aromatic heterocycles. The van der Waals surface area contributed by atoms with Gasteiger partial charge >= 0.3 is 0 Å². The molecule has 1 aromatic carbocycles.